The number of fused-ring (bicyclic) bond motifs is 1. The number of aryl methyl sites for hydroxylation is 1. The van der Waals surface area contributed by atoms with E-state index in [4.69, 9.17) is 0 Å². The zero-order chi connectivity index (χ0) is 11.7. The molecule has 0 radical (unpaired) electrons. The second kappa shape index (κ2) is 4.00. The molecule has 0 bridgehead atoms. The number of aromatic nitrogens is 1. The Labute approximate surface area is 95.1 Å². The Kier molecular flexibility index (Phi) is 2.69. The lowest BCUT2D eigenvalue weighted by atomic mass is 10.1. The van der Waals surface area contributed by atoms with Gasteiger partial charge in [-0.25, -0.2) is 0 Å². The van der Waals surface area contributed by atoms with Crippen LogP contribution in [0.1, 0.15) is 25.5 Å². The zero-order valence-corrected chi connectivity index (χ0v) is 9.82. The van der Waals surface area contributed by atoms with Crippen LogP contribution in [-0.4, -0.2) is 10.5 Å². The van der Waals surface area contributed by atoms with Gasteiger partial charge in [0.1, 0.15) is 0 Å². The first-order valence-corrected chi connectivity index (χ1v) is 5.40. The molecule has 3 nitrogen and oxygen atoms in total. The topological polar surface area (TPSA) is 34.0 Å². The van der Waals surface area contributed by atoms with Crippen molar-refractivity contribution in [3.05, 3.63) is 36.0 Å². The first kappa shape index (κ1) is 10.7. The van der Waals surface area contributed by atoms with Gasteiger partial charge < -0.3 is 9.88 Å². The molecule has 2 aromatic rings. The number of amides is 1. The van der Waals surface area contributed by atoms with Gasteiger partial charge in [0.2, 0.25) is 5.91 Å². The summed E-state index contributed by atoms with van der Waals surface area (Å²) < 4.78 is 2.09. The highest BCUT2D eigenvalue weighted by molar-refractivity contribution is 5.85. The van der Waals surface area contributed by atoms with E-state index < -0.39 is 0 Å². The van der Waals surface area contributed by atoms with Crippen molar-refractivity contribution in [1.29, 1.82) is 0 Å². The summed E-state index contributed by atoms with van der Waals surface area (Å²) in [6, 6.07) is 8.26. The average Bonchev–Trinajstić information content (AvgIpc) is 2.56. The minimum absolute atomic E-state index is 0.000402. The monoisotopic (exact) mass is 216 g/mol. The van der Waals surface area contributed by atoms with Crippen LogP contribution in [0.5, 0.6) is 0 Å². The highest BCUT2D eigenvalue weighted by atomic mass is 16.1. The molecule has 1 aromatic carbocycles. The number of hydrogen-bond donors (Lipinski definition) is 1. The number of nitrogens with one attached hydrogen (secondary N) is 1. The Balaban J connectivity index is 2.48. The van der Waals surface area contributed by atoms with Crippen molar-refractivity contribution in [3.63, 3.8) is 0 Å². The SMILES string of the molecule is CC(=O)NC(C)c1cn(C)c2ccccc12. The predicted octanol–water partition coefficient (Wildman–Crippen LogP) is 2.38. The lowest BCUT2D eigenvalue weighted by Gasteiger charge is -2.11. The van der Waals surface area contributed by atoms with Gasteiger partial charge in [0.05, 0.1) is 6.04 Å². The summed E-state index contributed by atoms with van der Waals surface area (Å²) in [5, 5.41) is 4.11. The molecule has 16 heavy (non-hydrogen) atoms. The summed E-state index contributed by atoms with van der Waals surface area (Å²) in [5.41, 5.74) is 2.35. The number of carbonyl (C=O) groups is 1. The van der Waals surface area contributed by atoms with Gasteiger partial charge in [0.25, 0.3) is 0 Å². The third-order valence-electron chi connectivity index (χ3n) is 2.81. The van der Waals surface area contributed by atoms with Crippen LogP contribution in [-0.2, 0) is 11.8 Å². The molecule has 1 heterocycles. The Hall–Kier alpha value is -1.77. The molecule has 1 atom stereocenters. The molecular weight excluding hydrogens is 200 g/mol. The summed E-state index contributed by atoms with van der Waals surface area (Å²) in [6.45, 7) is 3.55. The Morgan fingerprint density at radius 2 is 2.06 bits per heavy atom. The second-order valence-electron chi connectivity index (χ2n) is 4.13. The Bertz CT molecular complexity index is 528. The van der Waals surface area contributed by atoms with E-state index in [1.54, 1.807) is 6.92 Å². The summed E-state index contributed by atoms with van der Waals surface area (Å²) >= 11 is 0. The maximum atomic E-state index is 11.1. The van der Waals surface area contributed by atoms with E-state index in [0.29, 0.717) is 0 Å². The van der Waals surface area contributed by atoms with Crippen LogP contribution in [0.15, 0.2) is 30.5 Å². The van der Waals surface area contributed by atoms with E-state index in [1.165, 1.54) is 10.9 Å². The van der Waals surface area contributed by atoms with Gasteiger partial charge >= 0.3 is 0 Å². The fraction of sp³-hybridized carbons (Fsp3) is 0.308. The van der Waals surface area contributed by atoms with E-state index >= 15 is 0 Å². The number of benzene rings is 1. The number of rotatable bonds is 2. The average molecular weight is 216 g/mol. The normalized spacial score (nSPS) is 12.7. The molecule has 0 fully saturated rings. The third kappa shape index (κ3) is 1.81. The first-order valence-electron chi connectivity index (χ1n) is 5.40. The van der Waals surface area contributed by atoms with Crippen LogP contribution >= 0.6 is 0 Å². The standard InChI is InChI=1S/C13H16N2O/c1-9(14-10(2)16)12-8-15(3)13-7-5-4-6-11(12)13/h4-9H,1-3H3,(H,14,16). The lowest BCUT2D eigenvalue weighted by molar-refractivity contribution is -0.119. The number of hydrogen-bond acceptors (Lipinski definition) is 1. The zero-order valence-electron chi connectivity index (χ0n) is 9.82. The maximum Gasteiger partial charge on any atom is 0.217 e. The van der Waals surface area contributed by atoms with Gasteiger partial charge in [0, 0.05) is 31.1 Å². The number of carbonyl (C=O) groups excluding carboxylic acids is 1. The van der Waals surface area contributed by atoms with Crippen LogP contribution in [0.25, 0.3) is 10.9 Å². The Morgan fingerprint density at radius 1 is 1.38 bits per heavy atom. The van der Waals surface area contributed by atoms with E-state index in [2.05, 4.69) is 28.2 Å². The maximum absolute atomic E-state index is 11.1. The van der Waals surface area contributed by atoms with Crippen molar-refractivity contribution in [2.75, 3.05) is 0 Å². The molecule has 1 N–H and O–H groups in total. The number of nitrogens with zero attached hydrogens (tertiary/aromatic N) is 1. The van der Waals surface area contributed by atoms with Crippen LogP contribution in [0.4, 0.5) is 0 Å². The van der Waals surface area contributed by atoms with E-state index in [9.17, 15) is 4.79 Å². The highest BCUT2D eigenvalue weighted by Crippen LogP contribution is 2.25. The first-order chi connectivity index (χ1) is 7.59. The minimum atomic E-state index is 0.000402. The lowest BCUT2D eigenvalue weighted by Crippen LogP contribution is -2.23. The van der Waals surface area contributed by atoms with Gasteiger partial charge in [-0.15, -0.1) is 0 Å². The highest BCUT2D eigenvalue weighted by Gasteiger charge is 2.12. The molecule has 1 amide bonds. The molecule has 0 saturated heterocycles. The predicted molar refractivity (Wildman–Crippen MR) is 65.2 cm³/mol. The van der Waals surface area contributed by atoms with E-state index in [1.807, 2.05) is 26.1 Å². The molecule has 84 valence electrons. The van der Waals surface area contributed by atoms with Crippen molar-refractivity contribution in [2.24, 2.45) is 7.05 Å². The molecule has 1 unspecified atom stereocenters. The fourth-order valence-electron chi connectivity index (χ4n) is 2.10. The summed E-state index contributed by atoms with van der Waals surface area (Å²) in [6.07, 6.45) is 2.07. The van der Waals surface area contributed by atoms with Gasteiger partial charge in [-0.1, -0.05) is 18.2 Å². The van der Waals surface area contributed by atoms with Gasteiger partial charge in [0.15, 0.2) is 0 Å². The van der Waals surface area contributed by atoms with Crippen LogP contribution in [0, 0.1) is 0 Å². The minimum Gasteiger partial charge on any atom is -0.350 e. The molecule has 0 saturated carbocycles. The smallest absolute Gasteiger partial charge is 0.217 e. The van der Waals surface area contributed by atoms with Crippen molar-refractivity contribution < 1.29 is 4.79 Å². The Morgan fingerprint density at radius 3 is 2.75 bits per heavy atom. The van der Waals surface area contributed by atoms with E-state index in [-0.39, 0.29) is 11.9 Å². The summed E-state index contributed by atoms with van der Waals surface area (Å²) in [4.78, 5) is 11.1. The quantitative estimate of drug-likeness (QED) is 0.821. The number of para-hydroxylation sites is 1. The van der Waals surface area contributed by atoms with Gasteiger partial charge in [-0.05, 0) is 18.6 Å². The largest absolute Gasteiger partial charge is 0.350 e. The van der Waals surface area contributed by atoms with Gasteiger partial charge in [-0.3, -0.25) is 4.79 Å². The summed E-state index contributed by atoms with van der Waals surface area (Å²) in [7, 11) is 2.02. The third-order valence-corrected chi connectivity index (χ3v) is 2.81. The molecule has 2 rings (SSSR count). The molecule has 1 aromatic heterocycles. The van der Waals surface area contributed by atoms with Crippen LogP contribution < -0.4 is 5.32 Å². The molecule has 0 aliphatic carbocycles. The van der Waals surface area contributed by atoms with Gasteiger partial charge in [-0.2, -0.15) is 0 Å². The molecular formula is C13H16N2O. The van der Waals surface area contributed by atoms with Crippen molar-refractivity contribution in [1.82, 2.24) is 9.88 Å². The van der Waals surface area contributed by atoms with Crippen molar-refractivity contribution >= 4 is 16.8 Å². The summed E-state index contributed by atoms with van der Waals surface area (Å²) in [5.74, 6) is 0.000402. The van der Waals surface area contributed by atoms with Crippen molar-refractivity contribution in [2.45, 2.75) is 19.9 Å². The van der Waals surface area contributed by atoms with Crippen LogP contribution in [0.2, 0.25) is 0 Å². The van der Waals surface area contributed by atoms with E-state index in [0.717, 1.165) is 5.56 Å². The molecule has 0 spiro atoms. The fourth-order valence-corrected chi connectivity index (χ4v) is 2.10. The van der Waals surface area contributed by atoms with Crippen molar-refractivity contribution in [3.8, 4) is 0 Å². The second-order valence-corrected chi connectivity index (χ2v) is 4.13. The molecule has 3 heteroatoms. The molecule has 0 aliphatic heterocycles. The van der Waals surface area contributed by atoms with Crippen LogP contribution in [0.3, 0.4) is 0 Å². The molecule has 0 aliphatic rings.